The molecule has 5 N–H and O–H groups in total. The van der Waals surface area contributed by atoms with Crippen LogP contribution < -0.4 is 20.7 Å². The third kappa shape index (κ3) is 7.11. The number of carbonyl (C=O) groups excluding carboxylic acids is 3. The van der Waals surface area contributed by atoms with Crippen molar-refractivity contribution in [3.05, 3.63) is 66.4 Å². The smallest absolute Gasteiger partial charge is 0.326 e. The zero-order chi connectivity index (χ0) is 30.3. The van der Waals surface area contributed by atoms with Gasteiger partial charge in [-0.25, -0.2) is 8.42 Å². The number of sulfonamides is 1. The van der Waals surface area contributed by atoms with Crippen LogP contribution in [0.4, 0.5) is 5.69 Å². The highest BCUT2D eigenvalue weighted by Crippen LogP contribution is 2.21. The lowest BCUT2D eigenvalue weighted by atomic mass is 10.1. The molecule has 1 aliphatic rings. The fraction of sp³-hybridized carbons (Fsp3) is 0.296. The summed E-state index contributed by atoms with van der Waals surface area (Å²) >= 11 is 0. The molecule has 14 nitrogen and oxygen atoms in total. The first-order valence-electron chi connectivity index (χ1n) is 13.0. The number of benzene rings is 2. The van der Waals surface area contributed by atoms with Gasteiger partial charge in [-0.2, -0.15) is 4.72 Å². The second kappa shape index (κ2) is 13.3. The molecule has 2 heterocycles. The molecule has 0 saturated carbocycles. The lowest BCUT2D eigenvalue weighted by Gasteiger charge is -2.35. The van der Waals surface area contributed by atoms with Gasteiger partial charge in [0.25, 0.3) is 0 Å². The predicted molar refractivity (Wildman–Crippen MR) is 153 cm³/mol. The van der Waals surface area contributed by atoms with Crippen LogP contribution in [0.25, 0.3) is 10.9 Å². The molecule has 1 aliphatic heterocycles. The number of piperazine rings is 1. The summed E-state index contributed by atoms with van der Waals surface area (Å²) in [5.41, 5.74) is 7.10. The molecule has 1 fully saturated rings. The molecule has 2 amide bonds. The highest BCUT2D eigenvalue weighted by molar-refractivity contribution is 7.89. The second-order valence-electron chi connectivity index (χ2n) is 9.33. The lowest BCUT2D eigenvalue weighted by molar-refractivity contribution is -0.145. The van der Waals surface area contributed by atoms with Crippen LogP contribution >= 0.6 is 0 Å². The number of rotatable bonds is 11. The maximum absolute atomic E-state index is 13.2. The summed E-state index contributed by atoms with van der Waals surface area (Å²) in [6.07, 6.45) is 1.46. The summed E-state index contributed by atoms with van der Waals surface area (Å²) in [5.74, 6) is -1.75. The minimum absolute atomic E-state index is 0.00471. The van der Waals surface area contributed by atoms with Crippen molar-refractivity contribution in [3.8, 4) is 0 Å². The Hall–Kier alpha value is -4.76. The van der Waals surface area contributed by atoms with E-state index >= 15 is 0 Å². The van der Waals surface area contributed by atoms with Crippen molar-refractivity contribution in [1.29, 1.82) is 0 Å². The van der Waals surface area contributed by atoms with Gasteiger partial charge in [0.05, 0.1) is 25.2 Å². The molecule has 42 heavy (non-hydrogen) atoms. The van der Waals surface area contributed by atoms with Crippen molar-refractivity contribution in [1.82, 2.24) is 19.9 Å². The first-order chi connectivity index (χ1) is 20.1. The minimum Gasteiger partial charge on any atom is -0.465 e. The predicted octanol–water partition coefficient (Wildman–Crippen LogP) is 0.00430. The summed E-state index contributed by atoms with van der Waals surface area (Å²) < 4.78 is 33.8. The number of nitrogens with two attached hydrogens (primary N) is 1. The van der Waals surface area contributed by atoms with E-state index in [1.54, 1.807) is 55.5 Å². The number of hydrogen-bond donors (Lipinski definition) is 4. The number of ether oxygens (including phenoxy) is 1. The van der Waals surface area contributed by atoms with Crippen molar-refractivity contribution in [3.63, 3.8) is 0 Å². The van der Waals surface area contributed by atoms with Gasteiger partial charge in [0.2, 0.25) is 21.8 Å². The number of aromatic nitrogens is 1. The quantitative estimate of drug-likeness (QED) is 0.0768. The maximum Gasteiger partial charge on any atom is 0.326 e. The molecule has 1 saturated heterocycles. The molecular weight excluding hydrogens is 566 g/mol. The van der Waals surface area contributed by atoms with E-state index in [1.807, 2.05) is 4.90 Å². The molecule has 2 aromatic carbocycles. The SMILES string of the molecule is CCOC(=O)[C@H](CNC(=O)CN1CCN(c2ccc(C(N)=NO)cc2)CC1=O)NS(=O)(=O)c1cccc2cccnc12. The molecule has 1 atom stereocenters. The van der Waals surface area contributed by atoms with Crippen LogP contribution in [-0.4, -0.2) is 92.5 Å². The van der Waals surface area contributed by atoms with Gasteiger partial charge in [-0.1, -0.05) is 23.4 Å². The number of amides is 2. The van der Waals surface area contributed by atoms with E-state index in [1.165, 1.54) is 17.2 Å². The number of hydrogen-bond acceptors (Lipinski definition) is 10. The van der Waals surface area contributed by atoms with Crippen LogP contribution in [0.5, 0.6) is 0 Å². The number of amidine groups is 1. The van der Waals surface area contributed by atoms with Crippen molar-refractivity contribution < 1.29 is 32.7 Å². The van der Waals surface area contributed by atoms with Gasteiger partial charge in [-0.3, -0.25) is 19.4 Å². The van der Waals surface area contributed by atoms with E-state index in [-0.39, 0.29) is 48.4 Å². The normalized spacial score (nSPS) is 15.0. The summed E-state index contributed by atoms with van der Waals surface area (Å²) in [6.45, 7) is 1.66. The fourth-order valence-electron chi connectivity index (χ4n) is 4.40. The van der Waals surface area contributed by atoms with Gasteiger partial charge in [-0.05, 0) is 43.3 Å². The summed E-state index contributed by atoms with van der Waals surface area (Å²) in [6, 6.07) is 13.4. The zero-order valence-electron chi connectivity index (χ0n) is 22.8. The van der Waals surface area contributed by atoms with E-state index in [2.05, 4.69) is 20.2 Å². The minimum atomic E-state index is -4.24. The molecule has 4 rings (SSSR count). The number of para-hydroxylation sites is 1. The van der Waals surface area contributed by atoms with Crippen LogP contribution in [0.3, 0.4) is 0 Å². The van der Waals surface area contributed by atoms with Crippen molar-refractivity contribution in [2.45, 2.75) is 17.9 Å². The summed E-state index contributed by atoms with van der Waals surface area (Å²) in [7, 11) is -4.24. The number of fused-ring (bicyclic) bond motifs is 1. The molecule has 0 spiro atoms. The van der Waals surface area contributed by atoms with Gasteiger partial charge < -0.3 is 30.8 Å². The van der Waals surface area contributed by atoms with Gasteiger partial charge in [0.1, 0.15) is 10.9 Å². The molecule has 1 aromatic heterocycles. The molecule has 0 radical (unpaired) electrons. The maximum atomic E-state index is 13.2. The molecule has 15 heteroatoms. The Morgan fingerprint density at radius 3 is 2.57 bits per heavy atom. The zero-order valence-corrected chi connectivity index (χ0v) is 23.6. The standard InChI is InChI=1S/C27H31N7O7S/c1-2-41-27(37)21(32-42(39,40)22-7-3-5-18-6-4-12-29-25(18)22)15-30-23(35)16-34-14-13-33(17-24(34)36)20-10-8-19(9-11-20)26(28)31-38/h3-12,21,32,38H,2,13-17H2,1H3,(H2,28,31)(H,30,35)/t21-/m0/s1. The number of carbonyl (C=O) groups is 3. The fourth-order valence-corrected chi connectivity index (χ4v) is 5.77. The van der Waals surface area contributed by atoms with E-state index in [4.69, 9.17) is 15.7 Å². The van der Waals surface area contributed by atoms with Crippen molar-refractivity contribution in [2.75, 3.05) is 44.2 Å². The Bertz CT molecular complexity index is 1590. The largest absolute Gasteiger partial charge is 0.465 e. The molecule has 0 aliphatic carbocycles. The van der Waals surface area contributed by atoms with E-state index in [0.717, 1.165) is 5.69 Å². The molecule has 0 unspecified atom stereocenters. The van der Waals surface area contributed by atoms with Crippen LogP contribution in [-0.2, 0) is 29.1 Å². The number of nitrogens with one attached hydrogen (secondary N) is 2. The van der Waals surface area contributed by atoms with Crippen molar-refractivity contribution >= 4 is 50.2 Å². The molecular formula is C27H31N7O7S. The number of nitrogens with zero attached hydrogens (tertiary/aromatic N) is 4. The van der Waals surface area contributed by atoms with Crippen LogP contribution in [0.15, 0.2) is 70.8 Å². The molecule has 0 bridgehead atoms. The average molecular weight is 598 g/mol. The van der Waals surface area contributed by atoms with Crippen LogP contribution in [0.2, 0.25) is 0 Å². The van der Waals surface area contributed by atoms with E-state index in [0.29, 0.717) is 17.5 Å². The molecule has 3 aromatic rings. The van der Waals surface area contributed by atoms with Gasteiger partial charge in [0.15, 0.2) is 5.84 Å². The number of anilines is 1. The summed E-state index contributed by atoms with van der Waals surface area (Å²) in [4.78, 5) is 45.4. The first kappa shape index (κ1) is 30.2. The summed E-state index contributed by atoms with van der Waals surface area (Å²) in [5, 5.41) is 14.9. The van der Waals surface area contributed by atoms with Gasteiger partial charge in [0, 0.05) is 42.5 Å². The number of esters is 1. The Kier molecular flexibility index (Phi) is 9.54. The third-order valence-corrected chi connectivity index (χ3v) is 8.05. The Morgan fingerprint density at radius 2 is 1.88 bits per heavy atom. The topological polar surface area (TPSA) is 197 Å². The van der Waals surface area contributed by atoms with Crippen LogP contribution in [0.1, 0.15) is 12.5 Å². The van der Waals surface area contributed by atoms with E-state index in [9.17, 15) is 22.8 Å². The highest BCUT2D eigenvalue weighted by Gasteiger charge is 2.30. The monoisotopic (exact) mass is 597 g/mol. The third-order valence-electron chi connectivity index (χ3n) is 6.55. The van der Waals surface area contributed by atoms with Gasteiger partial charge >= 0.3 is 5.97 Å². The highest BCUT2D eigenvalue weighted by atomic mass is 32.2. The van der Waals surface area contributed by atoms with Gasteiger partial charge in [-0.15, -0.1) is 0 Å². The number of pyridine rings is 1. The van der Waals surface area contributed by atoms with Crippen LogP contribution in [0, 0.1) is 0 Å². The molecule has 222 valence electrons. The Balaban J connectivity index is 1.36. The second-order valence-corrected chi connectivity index (χ2v) is 11.0. The first-order valence-corrected chi connectivity index (χ1v) is 14.5. The Morgan fingerprint density at radius 1 is 1.14 bits per heavy atom. The average Bonchev–Trinajstić information content (AvgIpc) is 2.99. The number of oxime groups is 1. The Labute approximate surface area is 242 Å². The van der Waals surface area contributed by atoms with Crippen molar-refractivity contribution in [2.24, 2.45) is 10.9 Å². The van der Waals surface area contributed by atoms with E-state index < -0.39 is 34.5 Å². The lowest BCUT2D eigenvalue weighted by Crippen LogP contribution is -2.54.